The smallest absolute Gasteiger partial charge is 0.220 e. The van der Waals surface area contributed by atoms with Gasteiger partial charge in [0.25, 0.3) is 0 Å². The number of carbonyl (C=O) groups excluding carboxylic acids is 1. The fourth-order valence-electron chi connectivity index (χ4n) is 11.2. The van der Waals surface area contributed by atoms with Gasteiger partial charge in [0.1, 0.15) is 73.2 Å². The number of carbonyl (C=O) groups is 1. The summed E-state index contributed by atoms with van der Waals surface area (Å²) in [7, 11) is 0. The first kappa shape index (κ1) is 76.3. The average molecular weight is 1200 g/mol. The minimum absolute atomic E-state index is 0.225. The SMILES string of the molecule is CCCCC/C=C\CCCCCCCC(=O)NC(COC1OC(CO)C(OC2OC(CO)C(OC3OC(CO)C(O)C(O)C3O)C(O)C2O)C(O)C1O)C(O)/C=C/CC/C=C/CCCCCCCCCCCCCCCCCCCCCCC. The van der Waals surface area contributed by atoms with Crippen molar-refractivity contribution in [1.29, 1.82) is 0 Å². The van der Waals surface area contributed by atoms with Crippen molar-refractivity contribution >= 4 is 5.91 Å². The lowest BCUT2D eigenvalue weighted by molar-refractivity contribution is -0.379. The number of hydrogen-bond donors (Lipinski definition) is 12. The average Bonchev–Trinajstić information content (AvgIpc) is 2.94. The molecule has 0 spiro atoms. The summed E-state index contributed by atoms with van der Waals surface area (Å²) in [6.07, 6.45) is 27.2. The topological polar surface area (TPSA) is 307 Å². The summed E-state index contributed by atoms with van der Waals surface area (Å²) in [4.78, 5) is 13.3. The Morgan fingerprint density at radius 3 is 1.21 bits per heavy atom. The Morgan fingerprint density at radius 2 is 0.762 bits per heavy atom. The number of unbranched alkanes of at least 4 members (excludes halogenated alkanes) is 30. The van der Waals surface area contributed by atoms with Crippen LogP contribution in [0.25, 0.3) is 0 Å². The molecule has 84 heavy (non-hydrogen) atoms. The first-order valence-corrected chi connectivity index (χ1v) is 33.2. The molecule has 3 aliphatic heterocycles. The van der Waals surface area contributed by atoms with Crippen LogP contribution in [0.3, 0.4) is 0 Å². The number of aliphatic hydroxyl groups is 11. The number of nitrogens with one attached hydrogen (secondary N) is 1. The van der Waals surface area contributed by atoms with Gasteiger partial charge in [-0.25, -0.2) is 0 Å². The van der Waals surface area contributed by atoms with E-state index in [4.69, 9.17) is 28.4 Å². The Morgan fingerprint density at radius 1 is 0.417 bits per heavy atom. The summed E-state index contributed by atoms with van der Waals surface area (Å²) in [6.45, 7) is 1.68. The Hall–Kier alpha value is -1.99. The summed E-state index contributed by atoms with van der Waals surface area (Å²) in [5, 5.41) is 120. The summed E-state index contributed by atoms with van der Waals surface area (Å²) in [5.41, 5.74) is 0. The zero-order valence-corrected chi connectivity index (χ0v) is 51.6. The zero-order chi connectivity index (χ0) is 61.2. The lowest BCUT2D eigenvalue weighted by atomic mass is 9.96. The van der Waals surface area contributed by atoms with Gasteiger partial charge in [0.2, 0.25) is 5.91 Å². The van der Waals surface area contributed by atoms with Crippen molar-refractivity contribution in [2.45, 2.75) is 343 Å². The van der Waals surface area contributed by atoms with Crippen LogP contribution in [0.4, 0.5) is 0 Å². The van der Waals surface area contributed by atoms with Gasteiger partial charge >= 0.3 is 0 Å². The predicted molar refractivity (Wildman–Crippen MR) is 323 cm³/mol. The van der Waals surface area contributed by atoms with E-state index in [0.717, 1.165) is 57.8 Å². The molecule has 3 aliphatic rings. The van der Waals surface area contributed by atoms with Crippen LogP contribution < -0.4 is 5.32 Å². The van der Waals surface area contributed by atoms with Crippen molar-refractivity contribution in [3.8, 4) is 0 Å². The monoisotopic (exact) mass is 1200 g/mol. The number of allylic oxidation sites excluding steroid dienone is 5. The van der Waals surface area contributed by atoms with E-state index in [-0.39, 0.29) is 18.9 Å². The van der Waals surface area contributed by atoms with E-state index in [1.165, 1.54) is 148 Å². The highest BCUT2D eigenvalue weighted by Crippen LogP contribution is 2.33. The van der Waals surface area contributed by atoms with Crippen LogP contribution in [0.1, 0.15) is 239 Å². The van der Waals surface area contributed by atoms with Crippen LogP contribution in [-0.2, 0) is 33.2 Å². The molecule has 0 radical (unpaired) electrons. The number of amides is 1. The van der Waals surface area contributed by atoms with E-state index in [9.17, 15) is 61.0 Å². The van der Waals surface area contributed by atoms with Crippen molar-refractivity contribution in [3.05, 3.63) is 36.5 Å². The quantitative estimate of drug-likeness (QED) is 0.0205. The minimum atomic E-state index is -1.98. The second-order valence-corrected chi connectivity index (χ2v) is 23.9. The normalized spacial score (nSPS) is 29.4. The molecule has 0 bridgehead atoms. The molecule has 1 amide bonds. The minimum Gasteiger partial charge on any atom is -0.394 e. The zero-order valence-electron chi connectivity index (χ0n) is 51.6. The highest BCUT2D eigenvalue weighted by molar-refractivity contribution is 5.76. The third-order valence-corrected chi connectivity index (χ3v) is 16.7. The van der Waals surface area contributed by atoms with Gasteiger partial charge in [0.05, 0.1) is 38.6 Å². The van der Waals surface area contributed by atoms with E-state index < -0.39 is 124 Å². The van der Waals surface area contributed by atoms with Crippen molar-refractivity contribution in [1.82, 2.24) is 5.32 Å². The molecule has 19 heteroatoms. The van der Waals surface area contributed by atoms with Gasteiger partial charge < -0.3 is 89.9 Å². The van der Waals surface area contributed by atoms with E-state index in [1.54, 1.807) is 6.08 Å². The van der Waals surface area contributed by atoms with Crippen molar-refractivity contribution < 1.29 is 89.4 Å². The molecule has 0 aliphatic carbocycles. The predicted octanol–water partition coefficient (Wildman–Crippen LogP) is 7.66. The summed E-state index contributed by atoms with van der Waals surface area (Å²) < 4.78 is 34.2. The molecule has 17 atom stereocenters. The first-order valence-electron chi connectivity index (χ1n) is 33.2. The summed E-state index contributed by atoms with van der Waals surface area (Å²) in [6, 6.07) is -0.993. The molecule has 492 valence electrons. The van der Waals surface area contributed by atoms with Crippen LogP contribution in [0.15, 0.2) is 36.5 Å². The fraction of sp³-hybridized carbons (Fsp3) is 0.892. The Kier molecular flexibility index (Phi) is 43.5. The molecule has 3 saturated heterocycles. The second-order valence-electron chi connectivity index (χ2n) is 23.9. The Bertz CT molecular complexity index is 1670. The molecule has 19 nitrogen and oxygen atoms in total. The van der Waals surface area contributed by atoms with Crippen molar-refractivity contribution in [2.24, 2.45) is 0 Å². The molecular weight excluding hydrogens is 1080 g/mol. The lowest BCUT2D eigenvalue weighted by Gasteiger charge is -2.48. The maximum absolute atomic E-state index is 13.3. The highest BCUT2D eigenvalue weighted by atomic mass is 16.8. The number of hydrogen-bond acceptors (Lipinski definition) is 18. The maximum Gasteiger partial charge on any atom is 0.220 e. The van der Waals surface area contributed by atoms with Gasteiger partial charge in [0.15, 0.2) is 18.9 Å². The van der Waals surface area contributed by atoms with Crippen LogP contribution in [0.5, 0.6) is 0 Å². The maximum atomic E-state index is 13.3. The number of aliphatic hydroxyl groups excluding tert-OH is 11. The summed E-state index contributed by atoms with van der Waals surface area (Å²) in [5.74, 6) is -0.295. The van der Waals surface area contributed by atoms with Gasteiger partial charge in [-0.2, -0.15) is 0 Å². The third-order valence-electron chi connectivity index (χ3n) is 16.7. The molecule has 12 N–H and O–H groups in total. The number of rotatable bonds is 50. The van der Waals surface area contributed by atoms with E-state index in [1.807, 2.05) is 6.08 Å². The van der Waals surface area contributed by atoms with Gasteiger partial charge in [-0.3, -0.25) is 4.79 Å². The van der Waals surface area contributed by atoms with Gasteiger partial charge in [-0.15, -0.1) is 0 Å². The van der Waals surface area contributed by atoms with Gasteiger partial charge in [-0.1, -0.05) is 211 Å². The summed E-state index contributed by atoms with van der Waals surface area (Å²) >= 11 is 0. The molecule has 17 unspecified atom stereocenters. The third kappa shape index (κ3) is 30.5. The van der Waals surface area contributed by atoms with E-state index in [2.05, 4.69) is 43.5 Å². The van der Waals surface area contributed by atoms with Gasteiger partial charge in [0, 0.05) is 6.42 Å². The molecule has 0 aromatic rings. The Balaban J connectivity index is 1.44. The highest BCUT2D eigenvalue weighted by Gasteiger charge is 2.53. The van der Waals surface area contributed by atoms with Crippen molar-refractivity contribution in [3.63, 3.8) is 0 Å². The van der Waals surface area contributed by atoms with Crippen LogP contribution in [-0.4, -0.2) is 193 Å². The van der Waals surface area contributed by atoms with E-state index in [0.29, 0.717) is 12.8 Å². The molecule has 3 fully saturated rings. The molecule has 0 aromatic carbocycles. The lowest BCUT2D eigenvalue weighted by Crippen LogP contribution is -2.66. The molecule has 0 saturated carbocycles. The first-order chi connectivity index (χ1) is 40.8. The van der Waals surface area contributed by atoms with Crippen LogP contribution >= 0.6 is 0 Å². The van der Waals surface area contributed by atoms with Gasteiger partial charge in [-0.05, 0) is 57.8 Å². The molecule has 0 aromatic heterocycles. The largest absolute Gasteiger partial charge is 0.394 e. The Labute approximate surface area is 504 Å². The molecule has 3 heterocycles. The van der Waals surface area contributed by atoms with E-state index >= 15 is 0 Å². The number of ether oxygens (including phenoxy) is 6. The van der Waals surface area contributed by atoms with Crippen molar-refractivity contribution in [2.75, 3.05) is 26.4 Å². The fourth-order valence-corrected chi connectivity index (χ4v) is 11.2. The second kappa shape index (κ2) is 47.9. The standard InChI is InChI=1S/C65H119NO18/c1-3-5-7-9-11-13-15-17-18-19-20-21-22-23-24-25-26-27-28-29-30-31-32-34-36-38-40-42-49(70)48(66-53(71)43-41-39-37-35-33-16-14-12-10-8-6-4-2)47-79-63-59(77)56(74)61(51(45-68)81-63)84-65-60(78)57(75)62(52(46-69)82-65)83-64-58(76)55(73)54(72)50(44-67)80-64/h12,14,32,34,40,42,48-52,54-65,67-70,72-78H,3-11,13,15-31,33,35-39,41,43-47H2,1-2H3,(H,66,71)/b14-12-,34-32+,42-40+. The molecule has 3 rings (SSSR count). The van der Waals surface area contributed by atoms with Crippen LogP contribution in [0, 0.1) is 0 Å². The van der Waals surface area contributed by atoms with Crippen LogP contribution in [0.2, 0.25) is 0 Å². The molecular formula is C65H119NO18.